The van der Waals surface area contributed by atoms with Gasteiger partial charge in [-0.1, -0.05) is 31.0 Å². The summed E-state index contributed by atoms with van der Waals surface area (Å²) in [5.41, 5.74) is 2.48. The Morgan fingerprint density at radius 2 is 1.68 bits per heavy atom. The van der Waals surface area contributed by atoms with Crippen LogP contribution in [-0.4, -0.2) is 23.0 Å². The van der Waals surface area contributed by atoms with E-state index in [1.165, 1.54) is 0 Å². The molecule has 0 radical (unpaired) electrons. The van der Waals surface area contributed by atoms with Crippen molar-refractivity contribution in [2.75, 3.05) is 0 Å². The molecule has 0 aliphatic carbocycles. The molecule has 0 aliphatic rings. The van der Waals surface area contributed by atoms with Gasteiger partial charge in [0.25, 0.3) is 5.91 Å². The molecule has 0 heterocycles. The third kappa shape index (κ3) is 4.73. The number of aryl methyl sites for hydroxylation is 2. The van der Waals surface area contributed by atoms with E-state index in [9.17, 15) is 9.59 Å². The van der Waals surface area contributed by atoms with Crippen molar-refractivity contribution in [2.24, 2.45) is 5.92 Å². The quantitative estimate of drug-likeness (QED) is 0.858. The Hall–Kier alpha value is -1.84. The van der Waals surface area contributed by atoms with Crippen molar-refractivity contribution in [3.8, 4) is 0 Å². The monoisotopic (exact) mass is 263 g/mol. The highest BCUT2D eigenvalue weighted by Gasteiger charge is 2.21. The smallest absolute Gasteiger partial charge is 0.326 e. The molecule has 0 aliphatic heterocycles. The van der Waals surface area contributed by atoms with Crippen LogP contribution in [0.5, 0.6) is 0 Å². The molecule has 4 heteroatoms. The Kier molecular flexibility index (Phi) is 5.10. The fourth-order valence-electron chi connectivity index (χ4n) is 2.04. The summed E-state index contributed by atoms with van der Waals surface area (Å²) in [4.78, 5) is 23.2. The first-order valence-corrected chi connectivity index (χ1v) is 6.41. The molecule has 1 aromatic rings. The van der Waals surface area contributed by atoms with E-state index in [0.29, 0.717) is 12.0 Å². The van der Waals surface area contributed by atoms with Crippen LogP contribution in [0.3, 0.4) is 0 Å². The number of benzene rings is 1. The molecule has 2 N–H and O–H groups in total. The van der Waals surface area contributed by atoms with Crippen LogP contribution in [-0.2, 0) is 4.79 Å². The highest BCUT2D eigenvalue weighted by Crippen LogP contribution is 2.10. The van der Waals surface area contributed by atoms with Gasteiger partial charge in [-0.25, -0.2) is 4.79 Å². The lowest BCUT2D eigenvalue weighted by Crippen LogP contribution is -2.41. The molecule has 19 heavy (non-hydrogen) atoms. The summed E-state index contributed by atoms with van der Waals surface area (Å²) in [6.07, 6.45) is 0.422. The largest absolute Gasteiger partial charge is 0.480 e. The maximum absolute atomic E-state index is 12.1. The summed E-state index contributed by atoms with van der Waals surface area (Å²) < 4.78 is 0. The van der Waals surface area contributed by atoms with E-state index in [4.69, 9.17) is 5.11 Å². The summed E-state index contributed by atoms with van der Waals surface area (Å²) in [5, 5.41) is 11.7. The van der Waals surface area contributed by atoms with Crippen LogP contribution in [0, 0.1) is 19.8 Å². The second-order valence-electron chi connectivity index (χ2n) is 5.37. The van der Waals surface area contributed by atoms with Crippen molar-refractivity contribution in [3.63, 3.8) is 0 Å². The predicted octanol–water partition coefficient (Wildman–Crippen LogP) is 2.53. The Morgan fingerprint density at radius 1 is 1.16 bits per heavy atom. The minimum Gasteiger partial charge on any atom is -0.480 e. The van der Waals surface area contributed by atoms with Crippen molar-refractivity contribution in [1.29, 1.82) is 0 Å². The second-order valence-corrected chi connectivity index (χ2v) is 5.37. The Balaban J connectivity index is 2.84. The first-order chi connectivity index (χ1) is 8.79. The van der Waals surface area contributed by atoms with Crippen molar-refractivity contribution in [3.05, 3.63) is 34.9 Å². The van der Waals surface area contributed by atoms with Crippen molar-refractivity contribution < 1.29 is 14.7 Å². The minimum atomic E-state index is -0.994. The zero-order valence-electron chi connectivity index (χ0n) is 11.9. The molecule has 0 aromatic heterocycles. The van der Waals surface area contributed by atoms with Crippen molar-refractivity contribution in [2.45, 2.75) is 40.2 Å². The number of carbonyl (C=O) groups excluding carboxylic acids is 1. The van der Waals surface area contributed by atoms with Gasteiger partial charge in [0, 0.05) is 5.56 Å². The predicted molar refractivity (Wildman–Crippen MR) is 74.3 cm³/mol. The number of carboxylic acids is 1. The molecule has 1 amide bonds. The summed E-state index contributed by atoms with van der Waals surface area (Å²) in [6.45, 7) is 7.68. The van der Waals surface area contributed by atoms with Gasteiger partial charge in [0.05, 0.1) is 0 Å². The molecule has 0 spiro atoms. The van der Waals surface area contributed by atoms with Crippen LogP contribution in [0.2, 0.25) is 0 Å². The van der Waals surface area contributed by atoms with E-state index in [0.717, 1.165) is 11.1 Å². The van der Waals surface area contributed by atoms with Crippen LogP contribution in [0.1, 0.15) is 41.8 Å². The van der Waals surface area contributed by atoms with Gasteiger partial charge in [0.15, 0.2) is 0 Å². The van der Waals surface area contributed by atoms with Gasteiger partial charge in [0.2, 0.25) is 0 Å². The van der Waals surface area contributed by atoms with Crippen molar-refractivity contribution in [1.82, 2.24) is 5.32 Å². The molecule has 0 saturated heterocycles. The van der Waals surface area contributed by atoms with Crippen LogP contribution >= 0.6 is 0 Å². The Labute approximate surface area is 113 Å². The molecule has 0 fully saturated rings. The normalized spacial score (nSPS) is 12.3. The zero-order valence-corrected chi connectivity index (χ0v) is 11.9. The van der Waals surface area contributed by atoms with Gasteiger partial charge >= 0.3 is 5.97 Å². The zero-order chi connectivity index (χ0) is 14.6. The molecule has 1 aromatic carbocycles. The molecule has 1 rings (SSSR count). The van der Waals surface area contributed by atoms with Crippen LogP contribution < -0.4 is 5.32 Å². The average molecular weight is 263 g/mol. The topological polar surface area (TPSA) is 66.4 Å². The molecule has 0 saturated carbocycles. The van der Waals surface area contributed by atoms with Gasteiger partial charge in [-0.2, -0.15) is 0 Å². The SMILES string of the molecule is Cc1cc(C)cc(C(=O)N[C@H](CC(C)C)C(=O)O)c1. The van der Waals surface area contributed by atoms with E-state index in [-0.39, 0.29) is 11.8 Å². The first-order valence-electron chi connectivity index (χ1n) is 6.41. The summed E-state index contributed by atoms with van der Waals surface area (Å²) in [7, 11) is 0. The van der Waals surface area contributed by atoms with Crippen molar-refractivity contribution >= 4 is 11.9 Å². The number of carboxylic acid groups (broad SMARTS) is 1. The Morgan fingerprint density at radius 3 is 2.11 bits per heavy atom. The lowest BCUT2D eigenvalue weighted by atomic mass is 10.0. The Bertz CT molecular complexity index is 460. The highest BCUT2D eigenvalue weighted by atomic mass is 16.4. The van der Waals surface area contributed by atoms with Gasteiger partial charge in [-0.15, -0.1) is 0 Å². The molecular weight excluding hydrogens is 242 g/mol. The van der Waals surface area contributed by atoms with Gasteiger partial charge in [-0.3, -0.25) is 4.79 Å². The van der Waals surface area contributed by atoms with E-state index in [2.05, 4.69) is 5.32 Å². The second kappa shape index (κ2) is 6.36. The van der Waals surface area contributed by atoms with Crippen LogP contribution in [0.25, 0.3) is 0 Å². The van der Waals surface area contributed by atoms with E-state index >= 15 is 0 Å². The summed E-state index contributed by atoms with van der Waals surface area (Å²) >= 11 is 0. The third-order valence-electron chi connectivity index (χ3n) is 2.79. The molecule has 0 bridgehead atoms. The lowest BCUT2D eigenvalue weighted by Gasteiger charge is -2.16. The molecule has 0 unspecified atom stereocenters. The van der Waals surface area contributed by atoms with Crippen LogP contribution in [0.15, 0.2) is 18.2 Å². The minimum absolute atomic E-state index is 0.209. The lowest BCUT2D eigenvalue weighted by molar-refractivity contribution is -0.139. The molecular formula is C15H21NO3. The molecule has 1 atom stereocenters. The standard InChI is InChI=1S/C15H21NO3/c1-9(2)5-13(15(18)19)16-14(17)12-7-10(3)6-11(4)8-12/h6-9,13H,5H2,1-4H3,(H,16,17)(H,18,19)/t13-/m1/s1. The maximum atomic E-state index is 12.1. The number of hydrogen-bond acceptors (Lipinski definition) is 2. The number of hydrogen-bond donors (Lipinski definition) is 2. The fraction of sp³-hybridized carbons (Fsp3) is 0.467. The third-order valence-corrected chi connectivity index (χ3v) is 2.79. The van der Waals surface area contributed by atoms with E-state index in [1.807, 2.05) is 33.8 Å². The number of aliphatic carboxylic acids is 1. The molecule has 4 nitrogen and oxygen atoms in total. The van der Waals surface area contributed by atoms with Gasteiger partial charge < -0.3 is 10.4 Å². The summed E-state index contributed by atoms with van der Waals surface area (Å²) in [5.74, 6) is -1.12. The number of carbonyl (C=O) groups is 2. The maximum Gasteiger partial charge on any atom is 0.326 e. The fourth-order valence-corrected chi connectivity index (χ4v) is 2.04. The van der Waals surface area contributed by atoms with Gasteiger partial charge in [0.1, 0.15) is 6.04 Å². The van der Waals surface area contributed by atoms with E-state index < -0.39 is 12.0 Å². The first kappa shape index (κ1) is 15.2. The number of rotatable bonds is 5. The van der Waals surface area contributed by atoms with E-state index in [1.54, 1.807) is 12.1 Å². The number of amides is 1. The average Bonchev–Trinajstić information content (AvgIpc) is 2.25. The van der Waals surface area contributed by atoms with Gasteiger partial charge in [-0.05, 0) is 38.3 Å². The van der Waals surface area contributed by atoms with Crippen LogP contribution in [0.4, 0.5) is 0 Å². The molecule has 104 valence electrons. The summed E-state index contributed by atoms with van der Waals surface area (Å²) in [6, 6.07) is 4.65. The number of nitrogens with one attached hydrogen (secondary N) is 1. The highest BCUT2D eigenvalue weighted by molar-refractivity contribution is 5.96.